The summed E-state index contributed by atoms with van der Waals surface area (Å²) in [7, 11) is 0. The summed E-state index contributed by atoms with van der Waals surface area (Å²) < 4.78 is 1.09. The molecule has 0 aliphatic carbocycles. The molecule has 116 valence electrons. The minimum Gasteiger partial charge on any atom is -0.480 e. The Morgan fingerprint density at radius 3 is 2.57 bits per heavy atom. The van der Waals surface area contributed by atoms with E-state index >= 15 is 0 Å². The van der Waals surface area contributed by atoms with Crippen molar-refractivity contribution in [3.63, 3.8) is 0 Å². The Morgan fingerprint density at radius 2 is 2.05 bits per heavy atom. The van der Waals surface area contributed by atoms with Gasteiger partial charge < -0.3 is 10.4 Å². The van der Waals surface area contributed by atoms with Gasteiger partial charge in [0.2, 0.25) is 11.1 Å². The van der Waals surface area contributed by atoms with Crippen molar-refractivity contribution in [3.05, 3.63) is 0 Å². The van der Waals surface area contributed by atoms with E-state index in [2.05, 4.69) is 20.8 Å². The molecule has 0 spiro atoms. The number of amides is 1. The molecule has 2 N–H and O–H groups in total. The smallest absolute Gasteiger partial charge is 0.325 e. The van der Waals surface area contributed by atoms with Gasteiger partial charge in [-0.15, -0.1) is 5.10 Å². The van der Waals surface area contributed by atoms with Crippen LogP contribution in [0.2, 0.25) is 0 Å². The number of Topliss-reactive ketones (excluding diaryl/α,β-unsaturated/α-hetero) is 1. The molecule has 1 aromatic rings. The van der Waals surface area contributed by atoms with Crippen LogP contribution in [0.5, 0.6) is 0 Å². The minimum absolute atomic E-state index is 0.00348. The van der Waals surface area contributed by atoms with Crippen LogP contribution >= 0.6 is 11.8 Å². The third-order valence-corrected chi connectivity index (χ3v) is 3.49. The van der Waals surface area contributed by atoms with Gasteiger partial charge in [0.1, 0.15) is 6.54 Å². The fourth-order valence-corrected chi connectivity index (χ4v) is 2.30. The fraction of sp³-hybridized carbons (Fsp3) is 0.636. The van der Waals surface area contributed by atoms with Gasteiger partial charge in [-0.3, -0.25) is 14.4 Å². The molecule has 1 atom stereocenters. The van der Waals surface area contributed by atoms with E-state index in [1.807, 2.05) is 13.8 Å². The molecule has 1 aromatic heterocycles. The van der Waals surface area contributed by atoms with E-state index in [9.17, 15) is 14.4 Å². The van der Waals surface area contributed by atoms with Gasteiger partial charge in [-0.1, -0.05) is 25.6 Å². The lowest BCUT2D eigenvalue weighted by Crippen LogP contribution is -2.44. The highest BCUT2D eigenvalue weighted by Crippen LogP contribution is 2.13. The molecule has 0 bridgehead atoms. The van der Waals surface area contributed by atoms with Crippen molar-refractivity contribution in [2.75, 3.05) is 5.75 Å². The van der Waals surface area contributed by atoms with Crippen LogP contribution in [0.15, 0.2) is 5.16 Å². The highest BCUT2D eigenvalue weighted by Gasteiger charge is 2.21. The van der Waals surface area contributed by atoms with Gasteiger partial charge >= 0.3 is 5.97 Å². The summed E-state index contributed by atoms with van der Waals surface area (Å²) in [6, 6.07) is -0.534. The number of hydrogen-bond donors (Lipinski definition) is 2. The maximum atomic E-state index is 11.8. The molecular weight excluding hydrogens is 298 g/mol. The first-order valence-corrected chi connectivity index (χ1v) is 7.20. The number of carbonyl (C=O) groups excluding carboxylic acids is 2. The molecule has 10 heteroatoms. The molecule has 0 saturated heterocycles. The van der Waals surface area contributed by atoms with Crippen molar-refractivity contribution in [3.8, 4) is 0 Å². The third-order valence-electron chi connectivity index (χ3n) is 2.54. The van der Waals surface area contributed by atoms with E-state index < -0.39 is 12.0 Å². The average molecular weight is 315 g/mol. The first-order valence-electron chi connectivity index (χ1n) is 6.21. The van der Waals surface area contributed by atoms with Crippen LogP contribution in [0.4, 0.5) is 0 Å². The second-order valence-corrected chi connectivity index (χ2v) is 5.64. The summed E-state index contributed by atoms with van der Waals surface area (Å²) in [6.07, 6.45) is 0. The lowest BCUT2D eigenvalue weighted by atomic mass is 10.0. The maximum absolute atomic E-state index is 11.8. The molecule has 1 unspecified atom stereocenters. The molecule has 1 rings (SSSR count). The van der Waals surface area contributed by atoms with Gasteiger partial charge in [-0.05, 0) is 23.3 Å². The normalized spacial score (nSPS) is 12.2. The van der Waals surface area contributed by atoms with Crippen LogP contribution < -0.4 is 5.32 Å². The van der Waals surface area contributed by atoms with E-state index in [-0.39, 0.29) is 35.1 Å². The van der Waals surface area contributed by atoms with Crippen LogP contribution in [-0.4, -0.2) is 54.8 Å². The number of hydrogen-bond acceptors (Lipinski definition) is 7. The summed E-state index contributed by atoms with van der Waals surface area (Å²) in [5.41, 5.74) is 0. The third kappa shape index (κ3) is 5.50. The first kappa shape index (κ1) is 17.1. The Labute approximate surface area is 125 Å². The molecule has 21 heavy (non-hydrogen) atoms. The van der Waals surface area contributed by atoms with Gasteiger partial charge in [0.15, 0.2) is 5.78 Å². The number of nitrogens with zero attached hydrogens (tertiary/aromatic N) is 4. The summed E-state index contributed by atoms with van der Waals surface area (Å²) in [5, 5.41) is 22.1. The number of carboxylic acids is 1. The van der Waals surface area contributed by atoms with Crippen LogP contribution in [0, 0.1) is 5.92 Å². The summed E-state index contributed by atoms with van der Waals surface area (Å²) in [6.45, 7) is 4.73. The monoisotopic (exact) mass is 315 g/mol. The first-order chi connectivity index (χ1) is 9.81. The van der Waals surface area contributed by atoms with Crippen molar-refractivity contribution in [1.29, 1.82) is 0 Å². The zero-order valence-corrected chi connectivity index (χ0v) is 12.8. The van der Waals surface area contributed by atoms with Gasteiger partial charge in [-0.2, -0.15) is 0 Å². The standard InChI is InChI=1S/C11H17N5O4S/c1-6(2)10(7(3)17)12-8(18)5-21-11-13-14-15-16(11)4-9(19)20/h6,10H,4-5H2,1-3H3,(H,12,18)(H,19,20). The number of carboxylic acid groups (broad SMARTS) is 1. The van der Waals surface area contributed by atoms with Crippen molar-refractivity contribution >= 4 is 29.4 Å². The van der Waals surface area contributed by atoms with Crippen molar-refractivity contribution in [2.24, 2.45) is 5.92 Å². The number of aromatic nitrogens is 4. The molecule has 0 aromatic carbocycles. The number of thioether (sulfide) groups is 1. The van der Waals surface area contributed by atoms with Crippen LogP contribution in [0.3, 0.4) is 0 Å². The Morgan fingerprint density at radius 1 is 1.38 bits per heavy atom. The van der Waals surface area contributed by atoms with Crippen molar-refractivity contribution in [2.45, 2.75) is 38.5 Å². The molecule has 9 nitrogen and oxygen atoms in total. The molecule has 0 saturated carbocycles. The molecule has 1 amide bonds. The second-order valence-electron chi connectivity index (χ2n) is 4.70. The summed E-state index contributed by atoms with van der Waals surface area (Å²) in [4.78, 5) is 33.8. The van der Waals surface area contributed by atoms with E-state index in [0.717, 1.165) is 16.4 Å². The molecule has 0 aliphatic rings. The number of aliphatic carboxylic acids is 1. The number of carbonyl (C=O) groups is 3. The molecule has 1 heterocycles. The molecular formula is C11H17N5O4S. The SMILES string of the molecule is CC(=O)C(NC(=O)CSc1nnnn1CC(=O)O)C(C)C. The minimum atomic E-state index is -1.08. The van der Waals surface area contributed by atoms with Gasteiger partial charge in [0.05, 0.1) is 11.8 Å². The quantitative estimate of drug-likeness (QED) is 0.619. The number of tetrazole rings is 1. The van der Waals surface area contributed by atoms with Crippen LogP contribution in [0.25, 0.3) is 0 Å². The van der Waals surface area contributed by atoms with E-state index in [1.54, 1.807) is 0 Å². The Hall–Kier alpha value is -1.97. The van der Waals surface area contributed by atoms with E-state index in [1.165, 1.54) is 6.92 Å². The Bertz CT molecular complexity index is 530. The summed E-state index contributed by atoms with van der Waals surface area (Å²) in [5.74, 6) is -1.53. The van der Waals surface area contributed by atoms with Crippen LogP contribution in [-0.2, 0) is 20.9 Å². The van der Waals surface area contributed by atoms with Gasteiger partial charge in [-0.25, -0.2) is 4.68 Å². The maximum Gasteiger partial charge on any atom is 0.325 e. The average Bonchev–Trinajstić information content (AvgIpc) is 2.79. The topological polar surface area (TPSA) is 127 Å². The van der Waals surface area contributed by atoms with Crippen molar-refractivity contribution in [1.82, 2.24) is 25.5 Å². The molecule has 0 aliphatic heterocycles. The van der Waals surface area contributed by atoms with Crippen LogP contribution in [0.1, 0.15) is 20.8 Å². The number of rotatable bonds is 8. The molecule has 0 radical (unpaired) electrons. The number of ketones is 1. The largest absolute Gasteiger partial charge is 0.480 e. The lowest BCUT2D eigenvalue weighted by molar-refractivity contribution is -0.138. The highest BCUT2D eigenvalue weighted by atomic mass is 32.2. The highest BCUT2D eigenvalue weighted by molar-refractivity contribution is 7.99. The summed E-state index contributed by atoms with van der Waals surface area (Å²) >= 11 is 1.01. The number of nitrogens with one attached hydrogen (secondary N) is 1. The zero-order valence-electron chi connectivity index (χ0n) is 11.9. The zero-order chi connectivity index (χ0) is 16.0. The predicted octanol–water partition coefficient (Wildman–Crippen LogP) is -0.420. The Balaban J connectivity index is 2.55. The van der Waals surface area contributed by atoms with Gasteiger partial charge in [0, 0.05) is 0 Å². The van der Waals surface area contributed by atoms with Gasteiger partial charge in [0.25, 0.3) is 0 Å². The Kier molecular flexibility index (Phi) is 6.28. The van der Waals surface area contributed by atoms with E-state index in [0.29, 0.717) is 0 Å². The van der Waals surface area contributed by atoms with E-state index in [4.69, 9.17) is 5.11 Å². The fourth-order valence-electron chi connectivity index (χ4n) is 1.61. The predicted molar refractivity (Wildman–Crippen MR) is 73.6 cm³/mol. The molecule has 0 fully saturated rings. The van der Waals surface area contributed by atoms with Crippen molar-refractivity contribution < 1.29 is 19.5 Å². The second kappa shape index (κ2) is 7.72. The lowest BCUT2D eigenvalue weighted by Gasteiger charge is -2.19.